The summed E-state index contributed by atoms with van der Waals surface area (Å²) in [6.07, 6.45) is 5.47. The van der Waals surface area contributed by atoms with E-state index >= 15 is 0 Å². The summed E-state index contributed by atoms with van der Waals surface area (Å²) in [6, 6.07) is 10.6. The Bertz CT molecular complexity index is 472. The number of benzene rings is 1. The SMILES string of the molecule is c1ccc(-c2cnoc2C2CCCCN2)cc1. The average Bonchev–Trinajstić information content (AvgIpc) is 2.90. The van der Waals surface area contributed by atoms with Gasteiger partial charge in [-0.25, -0.2) is 0 Å². The summed E-state index contributed by atoms with van der Waals surface area (Å²) in [5, 5.41) is 7.46. The minimum atomic E-state index is 0.321. The molecule has 3 rings (SSSR count). The molecule has 1 atom stereocenters. The molecule has 0 bridgehead atoms. The highest BCUT2D eigenvalue weighted by molar-refractivity contribution is 5.64. The lowest BCUT2D eigenvalue weighted by molar-refractivity contribution is 0.306. The summed E-state index contributed by atoms with van der Waals surface area (Å²) in [6.45, 7) is 1.07. The van der Waals surface area contributed by atoms with Crippen LogP contribution < -0.4 is 5.32 Å². The van der Waals surface area contributed by atoms with Crippen LogP contribution in [0.4, 0.5) is 0 Å². The molecule has 3 heteroatoms. The fraction of sp³-hybridized carbons (Fsp3) is 0.357. The lowest BCUT2D eigenvalue weighted by Crippen LogP contribution is -2.26. The van der Waals surface area contributed by atoms with Crippen LogP contribution in [0.5, 0.6) is 0 Å². The van der Waals surface area contributed by atoms with Gasteiger partial charge in [0.25, 0.3) is 0 Å². The highest BCUT2D eigenvalue weighted by atomic mass is 16.5. The third-order valence-corrected chi connectivity index (χ3v) is 3.31. The third kappa shape index (κ3) is 2.11. The Kier molecular flexibility index (Phi) is 2.92. The van der Waals surface area contributed by atoms with Crippen LogP contribution in [0.1, 0.15) is 31.1 Å². The molecule has 0 spiro atoms. The van der Waals surface area contributed by atoms with E-state index in [2.05, 4.69) is 22.6 Å². The molecular weight excluding hydrogens is 212 g/mol. The smallest absolute Gasteiger partial charge is 0.161 e. The molecule has 0 radical (unpaired) electrons. The Balaban J connectivity index is 1.93. The first-order chi connectivity index (χ1) is 8.45. The molecule has 1 fully saturated rings. The van der Waals surface area contributed by atoms with Crippen molar-refractivity contribution in [2.24, 2.45) is 0 Å². The maximum Gasteiger partial charge on any atom is 0.161 e. The number of hydrogen-bond acceptors (Lipinski definition) is 3. The van der Waals surface area contributed by atoms with Crippen LogP contribution in [0.25, 0.3) is 11.1 Å². The van der Waals surface area contributed by atoms with Gasteiger partial charge in [0.05, 0.1) is 12.2 Å². The van der Waals surface area contributed by atoms with Gasteiger partial charge in [-0.05, 0) is 24.9 Å². The number of nitrogens with one attached hydrogen (secondary N) is 1. The maximum atomic E-state index is 5.45. The van der Waals surface area contributed by atoms with Crippen molar-refractivity contribution >= 4 is 0 Å². The summed E-state index contributed by atoms with van der Waals surface area (Å²) in [7, 11) is 0. The fourth-order valence-electron chi connectivity index (χ4n) is 2.41. The van der Waals surface area contributed by atoms with Gasteiger partial charge in [-0.2, -0.15) is 0 Å². The monoisotopic (exact) mass is 228 g/mol. The van der Waals surface area contributed by atoms with E-state index in [1.54, 1.807) is 0 Å². The van der Waals surface area contributed by atoms with Crippen molar-refractivity contribution in [1.29, 1.82) is 0 Å². The van der Waals surface area contributed by atoms with Crippen LogP contribution in [-0.4, -0.2) is 11.7 Å². The number of aromatic nitrogens is 1. The van der Waals surface area contributed by atoms with E-state index in [1.165, 1.54) is 18.4 Å². The topological polar surface area (TPSA) is 38.1 Å². The highest BCUT2D eigenvalue weighted by Gasteiger charge is 2.22. The van der Waals surface area contributed by atoms with Gasteiger partial charge in [0.15, 0.2) is 5.76 Å². The quantitative estimate of drug-likeness (QED) is 0.858. The molecule has 1 aromatic carbocycles. The zero-order valence-corrected chi connectivity index (χ0v) is 9.73. The number of piperidine rings is 1. The van der Waals surface area contributed by atoms with E-state index in [0.717, 1.165) is 24.3 Å². The molecule has 2 aromatic rings. The van der Waals surface area contributed by atoms with Gasteiger partial charge in [0.2, 0.25) is 0 Å². The van der Waals surface area contributed by atoms with E-state index in [4.69, 9.17) is 4.52 Å². The summed E-state index contributed by atoms with van der Waals surface area (Å²) in [4.78, 5) is 0. The molecule has 2 heterocycles. The van der Waals surface area contributed by atoms with E-state index < -0.39 is 0 Å². The summed E-state index contributed by atoms with van der Waals surface area (Å²) in [5.74, 6) is 0.982. The van der Waals surface area contributed by atoms with Crippen molar-refractivity contribution in [3.05, 3.63) is 42.3 Å². The Labute approximate surface area is 101 Å². The largest absolute Gasteiger partial charge is 0.359 e. The van der Waals surface area contributed by atoms with Crippen molar-refractivity contribution in [1.82, 2.24) is 10.5 Å². The second-order valence-electron chi connectivity index (χ2n) is 4.47. The van der Waals surface area contributed by atoms with Gasteiger partial charge in [0.1, 0.15) is 0 Å². The predicted octanol–water partition coefficient (Wildman–Crippen LogP) is 3.16. The summed E-state index contributed by atoms with van der Waals surface area (Å²) < 4.78 is 5.45. The third-order valence-electron chi connectivity index (χ3n) is 3.31. The van der Waals surface area contributed by atoms with Crippen molar-refractivity contribution in [2.45, 2.75) is 25.3 Å². The molecule has 1 saturated heterocycles. The van der Waals surface area contributed by atoms with Crippen LogP contribution in [0.15, 0.2) is 41.1 Å². The zero-order chi connectivity index (χ0) is 11.5. The lowest BCUT2D eigenvalue weighted by Gasteiger charge is -2.21. The molecule has 88 valence electrons. The first-order valence-corrected chi connectivity index (χ1v) is 6.18. The van der Waals surface area contributed by atoms with Crippen LogP contribution in [0.3, 0.4) is 0 Å². The average molecular weight is 228 g/mol. The molecule has 0 amide bonds. The minimum absolute atomic E-state index is 0.321. The molecule has 0 saturated carbocycles. The molecule has 1 N–H and O–H groups in total. The molecule has 1 aliphatic heterocycles. The zero-order valence-electron chi connectivity index (χ0n) is 9.73. The van der Waals surface area contributed by atoms with E-state index in [1.807, 2.05) is 24.4 Å². The van der Waals surface area contributed by atoms with Crippen molar-refractivity contribution < 1.29 is 4.52 Å². The lowest BCUT2D eigenvalue weighted by atomic mass is 9.97. The van der Waals surface area contributed by atoms with Gasteiger partial charge in [-0.1, -0.05) is 41.9 Å². The summed E-state index contributed by atoms with van der Waals surface area (Å²) in [5.41, 5.74) is 2.29. The Morgan fingerprint density at radius 2 is 2.06 bits per heavy atom. The maximum absolute atomic E-state index is 5.45. The van der Waals surface area contributed by atoms with Crippen molar-refractivity contribution in [3.63, 3.8) is 0 Å². The fourth-order valence-corrected chi connectivity index (χ4v) is 2.41. The second kappa shape index (κ2) is 4.72. The molecule has 1 unspecified atom stereocenters. The Morgan fingerprint density at radius 3 is 2.82 bits per heavy atom. The number of nitrogens with zero attached hydrogens (tertiary/aromatic N) is 1. The molecule has 1 aromatic heterocycles. The van der Waals surface area contributed by atoms with Crippen LogP contribution in [-0.2, 0) is 0 Å². The first kappa shape index (κ1) is 10.5. The molecule has 0 aliphatic carbocycles. The van der Waals surface area contributed by atoms with Crippen LogP contribution in [0, 0.1) is 0 Å². The van der Waals surface area contributed by atoms with Crippen molar-refractivity contribution in [2.75, 3.05) is 6.54 Å². The molecule has 17 heavy (non-hydrogen) atoms. The van der Waals surface area contributed by atoms with Gasteiger partial charge in [-0.3, -0.25) is 0 Å². The Morgan fingerprint density at radius 1 is 1.18 bits per heavy atom. The van der Waals surface area contributed by atoms with Gasteiger partial charge < -0.3 is 9.84 Å². The summed E-state index contributed by atoms with van der Waals surface area (Å²) >= 11 is 0. The second-order valence-corrected chi connectivity index (χ2v) is 4.47. The number of hydrogen-bond donors (Lipinski definition) is 1. The molecule has 3 nitrogen and oxygen atoms in total. The first-order valence-electron chi connectivity index (χ1n) is 6.18. The standard InChI is InChI=1S/C14H16N2O/c1-2-6-11(7-3-1)12-10-16-17-14(12)13-8-4-5-9-15-13/h1-3,6-7,10,13,15H,4-5,8-9H2. The van der Waals surface area contributed by atoms with Gasteiger partial charge in [0, 0.05) is 5.56 Å². The van der Waals surface area contributed by atoms with E-state index in [9.17, 15) is 0 Å². The molecule has 1 aliphatic rings. The van der Waals surface area contributed by atoms with Crippen LogP contribution in [0.2, 0.25) is 0 Å². The van der Waals surface area contributed by atoms with E-state index in [0.29, 0.717) is 6.04 Å². The normalized spacial score (nSPS) is 20.4. The van der Waals surface area contributed by atoms with Gasteiger partial charge >= 0.3 is 0 Å². The van der Waals surface area contributed by atoms with Crippen LogP contribution >= 0.6 is 0 Å². The highest BCUT2D eigenvalue weighted by Crippen LogP contribution is 2.31. The number of rotatable bonds is 2. The predicted molar refractivity (Wildman–Crippen MR) is 66.5 cm³/mol. The van der Waals surface area contributed by atoms with E-state index in [-0.39, 0.29) is 0 Å². The minimum Gasteiger partial charge on any atom is -0.359 e. The van der Waals surface area contributed by atoms with Gasteiger partial charge in [-0.15, -0.1) is 0 Å². The van der Waals surface area contributed by atoms with Crippen molar-refractivity contribution in [3.8, 4) is 11.1 Å². The molecular formula is C14H16N2O. The Hall–Kier alpha value is -1.61.